The molecule has 0 spiro atoms. The van der Waals surface area contributed by atoms with Crippen molar-refractivity contribution in [2.24, 2.45) is 0 Å². The number of ketones is 2. The third kappa shape index (κ3) is 5.99. The number of benzene rings is 2. The first-order valence-corrected chi connectivity index (χ1v) is 11.3. The first-order chi connectivity index (χ1) is 14.2. The summed E-state index contributed by atoms with van der Waals surface area (Å²) >= 11 is 3.18. The number of allylic oxidation sites excluding steroid dienone is 4. The lowest BCUT2D eigenvalue weighted by molar-refractivity contribution is -0.111. The Hall–Kier alpha value is -2.50. The second-order valence-corrected chi connectivity index (χ2v) is 8.73. The Morgan fingerprint density at radius 1 is 0.931 bits per heavy atom. The van der Waals surface area contributed by atoms with Crippen molar-refractivity contribution in [2.45, 2.75) is 6.42 Å². The smallest absolute Gasteiger partial charge is 0.198 e. The lowest BCUT2D eigenvalue weighted by Gasteiger charge is -2.16. The van der Waals surface area contributed by atoms with Crippen LogP contribution in [0.4, 0.5) is 0 Å². The van der Waals surface area contributed by atoms with Crippen molar-refractivity contribution < 1.29 is 14.3 Å². The van der Waals surface area contributed by atoms with Crippen molar-refractivity contribution in [1.29, 1.82) is 0 Å². The molecule has 0 bridgehead atoms. The van der Waals surface area contributed by atoms with E-state index in [1.54, 1.807) is 61.0 Å². The number of carbonyl (C=O) groups is 2. The van der Waals surface area contributed by atoms with E-state index in [0.717, 1.165) is 27.7 Å². The standard InChI is InChI=1S/C24H22O3S2/c1-27-20-14-12-19(13-15-20)23(26)22(24-28-16-7-17-29-24)21(25)11-6-5-10-18-8-3-2-4-9-18/h2-6,8-15H,7,16-17H2,1H3/b10-5+,11-6+. The van der Waals surface area contributed by atoms with E-state index in [1.807, 2.05) is 42.5 Å². The first-order valence-electron chi connectivity index (χ1n) is 9.32. The molecule has 5 heteroatoms. The number of hydrogen-bond donors (Lipinski definition) is 0. The predicted octanol–water partition coefficient (Wildman–Crippen LogP) is 5.80. The maximum Gasteiger partial charge on any atom is 0.198 e. The van der Waals surface area contributed by atoms with Crippen molar-refractivity contribution in [3.8, 4) is 5.75 Å². The van der Waals surface area contributed by atoms with Crippen molar-refractivity contribution in [1.82, 2.24) is 0 Å². The van der Waals surface area contributed by atoms with Crippen LogP contribution in [0.15, 0.2) is 82.6 Å². The predicted molar refractivity (Wildman–Crippen MR) is 124 cm³/mol. The Morgan fingerprint density at radius 3 is 2.28 bits per heavy atom. The summed E-state index contributed by atoms with van der Waals surface area (Å²) < 4.78 is 5.98. The van der Waals surface area contributed by atoms with Crippen LogP contribution in [0.2, 0.25) is 0 Å². The summed E-state index contributed by atoms with van der Waals surface area (Å²) in [5, 5.41) is 0. The fourth-order valence-electron chi connectivity index (χ4n) is 2.72. The van der Waals surface area contributed by atoms with Gasteiger partial charge in [0.1, 0.15) is 5.75 Å². The van der Waals surface area contributed by atoms with Gasteiger partial charge < -0.3 is 4.74 Å². The van der Waals surface area contributed by atoms with E-state index in [0.29, 0.717) is 11.3 Å². The summed E-state index contributed by atoms with van der Waals surface area (Å²) in [6, 6.07) is 16.7. The van der Waals surface area contributed by atoms with Crippen molar-refractivity contribution in [3.05, 3.63) is 93.8 Å². The van der Waals surface area contributed by atoms with E-state index in [-0.39, 0.29) is 17.1 Å². The third-order valence-electron chi connectivity index (χ3n) is 4.23. The average Bonchev–Trinajstić information content (AvgIpc) is 2.78. The van der Waals surface area contributed by atoms with Gasteiger partial charge in [-0.3, -0.25) is 9.59 Å². The van der Waals surface area contributed by atoms with Gasteiger partial charge >= 0.3 is 0 Å². The van der Waals surface area contributed by atoms with E-state index in [2.05, 4.69) is 0 Å². The third-order valence-corrected chi connectivity index (χ3v) is 6.86. The minimum atomic E-state index is -0.263. The zero-order valence-corrected chi connectivity index (χ0v) is 17.8. The molecule has 2 aromatic carbocycles. The number of methoxy groups -OCH3 is 1. The number of ether oxygens (including phenoxy) is 1. The summed E-state index contributed by atoms with van der Waals surface area (Å²) in [6.45, 7) is 0. The van der Waals surface area contributed by atoms with Gasteiger partial charge in [-0.1, -0.05) is 48.6 Å². The van der Waals surface area contributed by atoms with Crippen LogP contribution in [0.3, 0.4) is 0 Å². The Balaban J connectivity index is 1.83. The molecule has 0 aromatic heterocycles. The lowest BCUT2D eigenvalue weighted by atomic mass is 10.0. The monoisotopic (exact) mass is 422 g/mol. The molecule has 0 unspecified atom stereocenters. The highest BCUT2D eigenvalue weighted by atomic mass is 32.2. The molecule has 1 fully saturated rings. The lowest BCUT2D eigenvalue weighted by Crippen LogP contribution is -2.14. The summed E-state index contributed by atoms with van der Waals surface area (Å²) in [7, 11) is 1.58. The van der Waals surface area contributed by atoms with Crippen molar-refractivity contribution >= 4 is 41.2 Å². The van der Waals surface area contributed by atoms with Crippen molar-refractivity contribution in [3.63, 3.8) is 0 Å². The second kappa shape index (κ2) is 10.9. The van der Waals surface area contributed by atoms with Crippen LogP contribution < -0.4 is 4.74 Å². The molecule has 1 heterocycles. The number of carbonyl (C=O) groups excluding carboxylic acids is 2. The first kappa shape index (κ1) is 21.2. The van der Waals surface area contributed by atoms with Gasteiger partial charge in [0, 0.05) is 5.56 Å². The number of hydrogen-bond acceptors (Lipinski definition) is 5. The molecule has 0 N–H and O–H groups in total. The van der Waals surface area contributed by atoms with Gasteiger partial charge in [-0.15, -0.1) is 23.5 Å². The molecule has 29 heavy (non-hydrogen) atoms. The van der Waals surface area contributed by atoms with Crippen molar-refractivity contribution in [2.75, 3.05) is 18.6 Å². The molecule has 1 aliphatic rings. The van der Waals surface area contributed by atoms with Gasteiger partial charge in [0.25, 0.3) is 0 Å². The minimum Gasteiger partial charge on any atom is -0.497 e. The fourth-order valence-corrected chi connectivity index (χ4v) is 5.36. The number of rotatable bonds is 7. The van der Waals surface area contributed by atoms with Crippen LogP contribution in [0.25, 0.3) is 6.08 Å². The quantitative estimate of drug-likeness (QED) is 0.186. The van der Waals surface area contributed by atoms with Gasteiger partial charge in [-0.05, 0) is 53.8 Å². The Morgan fingerprint density at radius 2 is 1.62 bits per heavy atom. The van der Waals surface area contributed by atoms with Gasteiger partial charge in [0.15, 0.2) is 11.6 Å². The molecule has 0 atom stereocenters. The van der Waals surface area contributed by atoms with Crippen LogP contribution in [0.1, 0.15) is 22.3 Å². The van der Waals surface area contributed by atoms with E-state index < -0.39 is 0 Å². The highest BCUT2D eigenvalue weighted by molar-refractivity contribution is 8.22. The molecule has 0 amide bonds. The molecular formula is C24H22O3S2. The zero-order valence-electron chi connectivity index (χ0n) is 16.2. The van der Waals surface area contributed by atoms with E-state index in [1.165, 1.54) is 6.08 Å². The normalized spacial score (nSPS) is 14.3. The van der Waals surface area contributed by atoms with Crippen LogP contribution in [0, 0.1) is 0 Å². The molecule has 1 aliphatic heterocycles. The molecule has 0 aliphatic carbocycles. The Labute approximate surface area is 179 Å². The SMILES string of the molecule is COc1ccc(C(=O)C(C(=O)/C=C/C=C/c2ccccc2)=C2SCCCS2)cc1. The highest BCUT2D eigenvalue weighted by Crippen LogP contribution is 2.38. The molecule has 148 valence electrons. The maximum atomic E-state index is 13.1. The molecule has 0 radical (unpaired) electrons. The molecule has 3 nitrogen and oxygen atoms in total. The molecule has 1 saturated heterocycles. The van der Waals surface area contributed by atoms with E-state index >= 15 is 0 Å². The molecule has 3 rings (SSSR count). The molecule has 0 saturated carbocycles. The molecular weight excluding hydrogens is 400 g/mol. The van der Waals surface area contributed by atoms with E-state index in [9.17, 15) is 9.59 Å². The van der Waals surface area contributed by atoms with Crippen LogP contribution in [0.5, 0.6) is 5.75 Å². The average molecular weight is 423 g/mol. The largest absolute Gasteiger partial charge is 0.497 e. The van der Waals surface area contributed by atoms with Gasteiger partial charge in [0.2, 0.25) is 0 Å². The van der Waals surface area contributed by atoms with Gasteiger partial charge in [-0.2, -0.15) is 0 Å². The topological polar surface area (TPSA) is 43.4 Å². The summed E-state index contributed by atoms with van der Waals surface area (Å²) in [5.41, 5.74) is 1.80. The van der Waals surface area contributed by atoms with Crippen LogP contribution in [-0.2, 0) is 4.79 Å². The highest BCUT2D eigenvalue weighted by Gasteiger charge is 2.24. The minimum absolute atomic E-state index is 0.244. The summed E-state index contributed by atoms with van der Waals surface area (Å²) in [4.78, 5) is 26.1. The van der Waals surface area contributed by atoms with Gasteiger partial charge in [0.05, 0.1) is 16.9 Å². The number of Topliss-reactive ketones (excluding diaryl/α,β-unsaturated/α-hetero) is 1. The zero-order chi connectivity index (χ0) is 20.5. The van der Waals surface area contributed by atoms with Gasteiger partial charge in [-0.25, -0.2) is 0 Å². The molecule has 2 aromatic rings. The summed E-state index contributed by atoms with van der Waals surface area (Å²) in [5.74, 6) is 2.01. The Kier molecular flexibility index (Phi) is 7.96. The fraction of sp³-hybridized carbons (Fsp3) is 0.167. The van der Waals surface area contributed by atoms with Crippen LogP contribution >= 0.6 is 23.5 Å². The number of thioether (sulfide) groups is 2. The Bertz CT molecular complexity index is 934. The summed E-state index contributed by atoms with van der Waals surface area (Å²) in [6.07, 6.45) is 7.97. The van der Waals surface area contributed by atoms with E-state index in [4.69, 9.17) is 4.74 Å². The second-order valence-electron chi connectivity index (χ2n) is 6.26. The van der Waals surface area contributed by atoms with Crippen LogP contribution in [-0.4, -0.2) is 30.2 Å². The maximum absolute atomic E-state index is 13.1.